The van der Waals surface area contributed by atoms with Crippen molar-refractivity contribution >= 4 is 0 Å². The van der Waals surface area contributed by atoms with Crippen LogP contribution in [0, 0.1) is 23.7 Å². The molecule has 11 atom stereocenters. The highest BCUT2D eigenvalue weighted by Crippen LogP contribution is 2.48. The minimum absolute atomic E-state index is 0.154. The highest BCUT2D eigenvalue weighted by molar-refractivity contribution is 5.03. The van der Waals surface area contributed by atoms with Crippen LogP contribution in [0.25, 0.3) is 0 Å². The summed E-state index contributed by atoms with van der Waals surface area (Å²) >= 11 is 0. The molecule has 5 N–H and O–H groups in total. The van der Waals surface area contributed by atoms with Crippen LogP contribution in [-0.4, -0.2) is 76.3 Å². The molecule has 3 aliphatic heterocycles. The Bertz CT molecular complexity index is 595. The van der Waals surface area contributed by atoms with Crippen molar-refractivity contribution < 1.29 is 20.1 Å². The third-order valence-corrected chi connectivity index (χ3v) is 9.05. The smallest absolute Gasteiger partial charge is 0.141 e. The Morgan fingerprint density at radius 1 is 1.03 bits per heavy atom. The summed E-state index contributed by atoms with van der Waals surface area (Å²) in [4.78, 5) is 2.20. The Labute approximate surface area is 180 Å². The van der Waals surface area contributed by atoms with Gasteiger partial charge in [0.1, 0.15) is 24.5 Å². The van der Waals surface area contributed by atoms with Gasteiger partial charge in [-0.05, 0) is 62.7 Å². The third-order valence-electron chi connectivity index (χ3n) is 9.05. The van der Waals surface area contributed by atoms with Crippen molar-refractivity contribution in [3.05, 3.63) is 0 Å². The van der Waals surface area contributed by atoms with Crippen LogP contribution in [0.2, 0.25) is 0 Å². The van der Waals surface area contributed by atoms with Gasteiger partial charge < -0.3 is 25.4 Å². The van der Waals surface area contributed by atoms with Crippen LogP contribution in [0.5, 0.6) is 0 Å². The second-order valence-electron chi connectivity index (χ2n) is 10.6. The highest BCUT2D eigenvalue weighted by atomic mass is 16.6. The van der Waals surface area contributed by atoms with Crippen LogP contribution in [0.3, 0.4) is 0 Å². The van der Waals surface area contributed by atoms with Crippen molar-refractivity contribution in [3.63, 3.8) is 0 Å². The SMILES string of the molecule is CCCCC1NCNC2C1CCN2[C@@H]1O[C@H]([C@H](O)C2CCC3CCC3C2)[C@@H](O)[C@H]1O. The molecule has 5 fully saturated rings. The van der Waals surface area contributed by atoms with Gasteiger partial charge in [0.25, 0.3) is 0 Å². The van der Waals surface area contributed by atoms with Gasteiger partial charge in [-0.1, -0.05) is 19.8 Å². The Morgan fingerprint density at radius 2 is 1.83 bits per heavy atom. The highest BCUT2D eigenvalue weighted by Gasteiger charge is 2.54. The minimum Gasteiger partial charge on any atom is -0.390 e. The van der Waals surface area contributed by atoms with Crippen molar-refractivity contribution in [2.45, 2.75) is 108 Å². The lowest BCUT2D eigenvalue weighted by atomic mass is 9.61. The summed E-state index contributed by atoms with van der Waals surface area (Å²) in [6.45, 7) is 3.83. The van der Waals surface area contributed by atoms with E-state index in [0.717, 1.165) is 44.3 Å². The fourth-order valence-corrected chi connectivity index (χ4v) is 7.09. The van der Waals surface area contributed by atoms with Gasteiger partial charge in [-0.3, -0.25) is 10.2 Å². The topological polar surface area (TPSA) is 97.2 Å². The molecule has 0 aromatic heterocycles. The number of unbranched alkanes of at least 4 members (excludes halogenated alkanes) is 1. The lowest BCUT2D eigenvalue weighted by molar-refractivity contribution is -0.142. The average molecular weight is 424 g/mol. The Morgan fingerprint density at radius 3 is 2.57 bits per heavy atom. The summed E-state index contributed by atoms with van der Waals surface area (Å²) in [6.07, 6.45) is 6.73. The maximum atomic E-state index is 11.1. The quantitative estimate of drug-likeness (QED) is 0.434. The molecule has 30 heavy (non-hydrogen) atoms. The van der Waals surface area contributed by atoms with E-state index in [1.807, 2.05) is 0 Å². The van der Waals surface area contributed by atoms with Gasteiger partial charge >= 0.3 is 0 Å². The molecular formula is C23H41N3O4. The van der Waals surface area contributed by atoms with Crippen molar-refractivity contribution in [2.24, 2.45) is 23.7 Å². The first kappa shape index (κ1) is 21.6. The summed E-state index contributed by atoms with van der Waals surface area (Å²) in [7, 11) is 0. The molecule has 7 nitrogen and oxygen atoms in total. The molecular weight excluding hydrogens is 382 g/mol. The van der Waals surface area contributed by atoms with E-state index in [1.54, 1.807) is 0 Å². The van der Waals surface area contributed by atoms with Crippen LogP contribution in [0.4, 0.5) is 0 Å². The summed E-state index contributed by atoms with van der Waals surface area (Å²) < 4.78 is 6.25. The van der Waals surface area contributed by atoms with Crippen molar-refractivity contribution in [2.75, 3.05) is 13.2 Å². The van der Waals surface area contributed by atoms with E-state index in [0.29, 0.717) is 12.0 Å². The van der Waals surface area contributed by atoms with Gasteiger partial charge in [-0.25, -0.2) is 0 Å². The van der Waals surface area contributed by atoms with Gasteiger partial charge in [0.15, 0.2) is 0 Å². The van der Waals surface area contributed by atoms with Crippen molar-refractivity contribution in [3.8, 4) is 0 Å². The molecule has 5 rings (SSSR count). The number of hydrogen-bond donors (Lipinski definition) is 5. The number of fused-ring (bicyclic) bond motifs is 2. The number of rotatable bonds is 6. The predicted octanol–water partition coefficient (Wildman–Crippen LogP) is 0.977. The van der Waals surface area contributed by atoms with Crippen LogP contribution < -0.4 is 10.6 Å². The van der Waals surface area contributed by atoms with Crippen molar-refractivity contribution in [1.82, 2.24) is 15.5 Å². The monoisotopic (exact) mass is 423 g/mol. The zero-order valence-corrected chi connectivity index (χ0v) is 18.3. The Hall–Kier alpha value is -0.280. The number of nitrogens with zero attached hydrogens (tertiary/aromatic N) is 1. The molecule has 0 spiro atoms. The lowest BCUT2D eigenvalue weighted by Crippen LogP contribution is -2.62. The number of aliphatic hydroxyl groups is 3. The third kappa shape index (κ3) is 3.74. The van der Waals surface area contributed by atoms with E-state index in [9.17, 15) is 15.3 Å². The van der Waals surface area contributed by atoms with Crippen molar-refractivity contribution in [1.29, 1.82) is 0 Å². The molecule has 5 aliphatic rings. The molecule has 3 saturated heterocycles. The van der Waals surface area contributed by atoms with Crippen LogP contribution in [-0.2, 0) is 4.74 Å². The van der Waals surface area contributed by atoms with Crippen LogP contribution in [0.15, 0.2) is 0 Å². The van der Waals surface area contributed by atoms with E-state index < -0.39 is 30.6 Å². The van der Waals surface area contributed by atoms with Gasteiger partial charge in [-0.2, -0.15) is 0 Å². The second kappa shape index (κ2) is 8.93. The molecule has 6 unspecified atom stereocenters. The predicted molar refractivity (Wildman–Crippen MR) is 113 cm³/mol. The molecule has 0 bridgehead atoms. The van der Waals surface area contributed by atoms with E-state index in [-0.39, 0.29) is 12.1 Å². The van der Waals surface area contributed by atoms with Gasteiger partial charge in [0.05, 0.1) is 12.3 Å². The molecule has 0 aromatic rings. The number of nitrogens with one attached hydrogen (secondary N) is 2. The number of ether oxygens (including phenoxy) is 1. The summed E-state index contributed by atoms with van der Waals surface area (Å²) in [5.74, 6) is 2.26. The van der Waals surface area contributed by atoms with Gasteiger partial charge in [-0.15, -0.1) is 0 Å². The average Bonchev–Trinajstić information content (AvgIpc) is 3.29. The molecule has 7 heteroatoms. The first-order valence-electron chi connectivity index (χ1n) is 12.5. The Balaban J connectivity index is 1.23. The molecule has 3 heterocycles. The number of likely N-dealkylation sites (tertiary alicyclic amines) is 1. The van der Waals surface area contributed by atoms with Gasteiger partial charge in [0.2, 0.25) is 0 Å². The Kier molecular flexibility index (Phi) is 6.42. The molecule has 2 aliphatic carbocycles. The molecule has 0 radical (unpaired) electrons. The standard InChI is InChI=1S/C23H41N3O4/c1-2-3-4-17-16-9-10-26(22(16)25-12-24-17)23-20(29)19(28)21(30-23)18(27)15-8-6-13-5-7-14(13)11-15/h13-25,27-29H,2-12H2,1H3/t13?,14?,15?,16?,17?,18-,19+,20-,21-,22?,23-/m1/s1. The first-order chi connectivity index (χ1) is 14.6. The molecule has 0 aromatic carbocycles. The lowest BCUT2D eigenvalue weighted by Gasteiger charge is -2.45. The second-order valence-corrected chi connectivity index (χ2v) is 10.6. The summed E-state index contributed by atoms with van der Waals surface area (Å²) in [5, 5.41) is 39.9. The maximum absolute atomic E-state index is 11.1. The van der Waals surface area contributed by atoms with E-state index in [1.165, 1.54) is 38.5 Å². The number of aliphatic hydroxyl groups excluding tert-OH is 3. The van der Waals surface area contributed by atoms with E-state index in [4.69, 9.17) is 4.74 Å². The molecule has 172 valence electrons. The van der Waals surface area contributed by atoms with E-state index >= 15 is 0 Å². The van der Waals surface area contributed by atoms with Crippen LogP contribution >= 0.6 is 0 Å². The maximum Gasteiger partial charge on any atom is 0.141 e. The fraction of sp³-hybridized carbons (Fsp3) is 1.00. The summed E-state index contributed by atoms with van der Waals surface area (Å²) in [5.41, 5.74) is 0. The van der Waals surface area contributed by atoms with Crippen LogP contribution in [0.1, 0.15) is 64.7 Å². The largest absolute Gasteiger partial charge is 0.390 e. The zero-order chi connectivity index (χ0) is 20.8. The molecule has 0 amide bonds. The molecule has 2 saturated carbocycles. The first-order valence-corrected chi connectivity index (χ1v) is 12.5. The normalized spacial score (nSPS) is 50.0. The van der Waals surface area contributed by atoms with E-state index in [2.05, 4.69) is 22.5 Å². The van der Waals surface area contributed by atoms with Gasteiger partial charge in [0, 0.05) is 25.2 Å². The fourth-order valence-electron chi connectivity index (χ4n) is 7.09. The zero-order valence-electron chi connectivity index (χ0n) is 18.3. The minimum atomic E-state index is -1.03. The number of hydrogen-bond acceptors (Lipinski definition) is 7. The summed E-state index contributed by atoms with van der Waals surface area (Å²) in [6, 6.07) is 0.490.